The van der Waals surface area contributed by atoms with Crippen molar-refractivity contribution in [3.63, 3.8) is 0 Å². The molecule has 0 heterocycles. The number of hydrogen-bond donors (Lipinski definition) is 2. The Morgan fingerprint density at radius 3 is 2.43 bits per heavy atom. The Balaban J connectivity index is 1.58. The van der Waals surface area contributed by atoms with Crippen molar-refractivity contribution in [2.75, 3.05) is 18.9 Å². The number of carbonyl (C=O) groups is 2. The highest BCUT2D eigenvalue weighted by molar-refractivity contribution is 6.30. The summed E-state index contributed by atoms with van der Waals surface area (Å²) in [6.07, 6.45) is 0. The molecular formula is C22H22ClN3O2. The minimum atomic E-state index is -0.324. The molecule has 3 aromatic carbocycles. The number of fused-ring (bicyclic) bond motifs is 1. The largest absolute Gasteiger partial charge is 0.331 e. The van der Waals surface area contributed by atoms with Crippen molar-refractivity contribution in [1.29, 1.82) is 0 Å². The maximum atomic E-state index is 12.4. The first-order chi connectivity index (χ1) is 13.4. The van der Waals surface area contributed by atoms with Crippen LogP contribution in [0.25, 0.3) is 10.8 Å². The molecule has 6 heteroatoms. The summed E-state index contributed by atoms with van der Waals surface area (Å²) in [7, 11) is 1.59. The molecule has 0 aliphatic rings. The van der Waals surface area contributed by atoms with Crippen molar-refractivity contribution in [1.82, 2.24) is 10.2 Å². The van der Waals surface area contributed by atoms with Gasteiger partial charge in [-0.2, -0.15) is 0 Å². The van der Waals surface area contributed by atoms with Crippen LogP contribution in [-0.4, -0.2) is 30.4 Å². The lowest BCUT2D eigenvalue weighted by Gasteiger charge is -2.21. The SMILES string of the molecule is CC(NC(=O)N(C)CC(=O)Nc1cccc2ccccc12)c1ccc(Cl)cc1. The summed E-state index contributed by atoms with van der Waals surface area (Å²) in [6, 6.07) is 20.3. The molecule has 144 valence electrons. The quantitative estimate of drug-likeness (QED) is 0.649. The van der Waals surface area contributed by atoms with Gasteiger partial charge in [-0.25, -0.2) is 4.79 Å². The van der Waals surface area contributed by atoms with Gasteiger partial charge in [0.1, 0.15) is 6.54 Å². The summed E-state index contributed by atoms with van der Waals surface area (Å²) < 4.78 is 0. The number of rotatable bonds is 5. The van der Waals surface area contributed by atoms with Crippen LogP contribution in [0.2, 0.25) is 5.02 Å². The van der Waals surface area contributed by atoms with Crippen molar-refractivity contribution in [3.05, 3.63) is 77.3 Å². The zero-order valence-electron chi connectivity index (χ0n) is 15.8. The van der Waals surface area contributed by atoms with E-state index in [4.69, 9.17) is 11.6 Å². The Labute approximate surface area is 169 Å². The number of amides is 3. The van der Waals surface area contributed by atoms with Gasteiger partial charge in [-0.3, -0.25) is 4.79 Å². The van der Waals surface area contributed by atoms with E-state index in [2.05, 4.69) is 10.6 Å². The molecule has 0 aromatic heterocycles. The average Bonchev–Trinajstić information content (AvgIpc) is 2.68. The minimum Gasteiger partial charge on any atom is -0.331 e. The molecule has 3 rings (SSSR count). The maximum Gasteiger partial charge on any atom is 0.318 e. The van der Waals surface area contributed by atoms with Gasteiger partial charge in [-0.05, 0) is 36.1 Å². The fourth-order valence-corrected chi connectivity index (χ4v) is 3.07. The Morgan fingerprint density at radius 2 is 1.68 bits per heavy atom. The minimum absolute atomic E-state index is 0.0532. The van der Waals surface area contributed by atoms with Gasteiger partial charge in [0.2, 0.25) is 5.91 Å². The second-order valence-corrected chi connectivity index (χ2v) is 7.09. The first kappa shape index (κ1) is 19.7. The van der Waals surface area contributed by atoms with Gasteiger partial charge >= 0.3 is 6.03 Å². The van der Waals surface area contributed by atoms with Crippen molar-refractivity contribution in [3.8, 4) is 0 Å². The van der Waals surface area contributed by atoms with Gasteiger partial charge in [0, 0.05) is 23.1 Å². The molecule has 1 atom stereocenters. The predicted molar refractivity (Wildman–Crippen MR) is 114 cm³/mol. The summed E-state index contributed by atoms with van der Waals surface area (Å²) in [6.45, 7) is 1.83. The van der Waals surface area contributed by atoms with Crippen molar-refractivity contribution >= 4 is 40.0 Å². The summed E-state index contributed by atoms with van der Waals surface area (Å²) in [4.78, 5) is 26.2. The Hall–Kier alpha value is -3.05. The molecule has 5 nitrogen and oxygen atoms in total. The molecule has 0 fully saturated rings. The van der Waals surface area contributed by atoms with Gasteiger partial charge in [-0.1, -0.05) is 60.1 Å². The summed E-state index contributed by atoms with van der Waals surface area (Å²) in [5.74, 6) is -0.256. The molecule has 2 N–H and O–H groups in total. The van der Waals surface area contributed by atoms with E-state index in [0.29, 0.717) is 5.02 Å². The summed E-state index contributed by atoms with van der Waals surface area (Å²) >= 11 is 5.89. The van der Waals surface area contributed by atoms with E-state index in [1.807, 2.05) is 61.5 Å². The Bertz CT molecular complexity index is 983. The standard InChI is InChI=1S/C22H22ClN3O2/c1-15(16-10-12-18(23)13-11-16)24-22(28)26(2)14-21(27)25-20-9-5-7-17-6-3-4-8-19(17)20/h3-13,15H,14H2,1-2H3,(H,24,28)(H,25,27). The monoisotopic (exact) mass is 395 g/mol. The molecule has 0 aliphatic carbocycles. The van der Waals surface area contributed by atoms with Crippen LogP contribution >= 0.6 is 11.6 Å². The maximum absolute atomic E-state index is 12.4. The first-order valence-corrected chi connectivity index (χ1v) is 9.36. The van der Waals surface area contributed by atoms with Gasteiger partial charge in [0.15, 0.2) is 0 Å². The topological polar surface area (TPSA) is 61.4 Å². The molecule has 0 radical (unpaired) electrons. The number of urea groups is 1. The molecule has 3 aromatic rings. The lowest BCUT2D eigenvalue weighted by atomic mass is 10.1. The van der Waals surface area contributed by atoms with Crippen LogP contribution < -0.4 is 10.6 Å². The van der Waals surface area contributed by atoms with Crippen molar-refractivity contribution < 1.29 is 9.59 Å². The molecule has 3 amide bonds. The van der Waals surface area contributed by atoms with Crippen LogP contribution in [-0.2, 0) is 4.79 Å². The van der Waals surface area contributed by atoms with Crippen LogP contribution in [0.4, 0.5) is 10.5 Å². The highest BCUT2D eigenvalue weighted by Gasteiger charge is 2.16. The molecule has 0 saturated carbocycles. The van der Waals surface area contributed by atoms with Crippen LogP contribution in [0.5, 0.6) is 0 Å². The third-order valence-corrected chi connectivity index (χ3v) is 4.75. The number of hydrogen-bond acceptors (Lipinski definition) is 2. The number of nitrogens with zero attached hydrogens (tertiary/aromatic N) is 1. The number of halogens is 1. The fourth-order valence-electron chi connectivity index (χ4n) is 2.94. The van der Waals surface area contributed by atoms with E-state index < -0.39 is 0 Å². The predicted octanol–water partition coefficient (Wildman–Crippen LogP) is 4.83. The van der Waals surface area contributed by atoms with Crippen LogP contribution in [0.1, 0.15) is 18.5 Å². The smallest absolute Gasteiger partial charge is 0.318 e. The molecular weight excluding hydrogens is 374 g/mol. The van der Waals surface area contributed by atoms with Crippen LogP contribution in [0.15, 0.2) is 66.7 Å². The van der Waals surface area contributed by atoms with E-state index in [1.54, 1.807) is 19.2 Å². The fraction of sp³-hybridized carbons (Fsp3) is 0.182. The van der Waals surface area contributed by atoms with Crippen molar-refractivity contribution in [2.45, 2.75) is 13.0 Å². The van der Waals surface area contributed by atoms with E-state index in [0.717, 1.165) is 22.0 Å². The van der Waals surface area contributed by atoms with Crippen LogP contribution in [0, 0.1) is 0 Å². The van der Waals surface area contributed by atoms with E-state index in [-0.39, 0.29) is 24.5 Å². The third-order valence-electron chi connectivity index (χ3n) is 4.50. The van der Waals surface area contributed by atoms with Crippen LogP contribution in [0.3, 0.4) is 0 Å². The molecule has 28 heavy (non-hydrogen) atoms. The average molecular weight is 396 g/mol. The first-order valence-electron chi connectivity index (χ1n) is 8.99. The summed E-state index contributed by atoms with van der Waals surface area (Å²) in [5.41, 5.74) is 1.66. The van der Waals surface area contributed by atoms with Gasteiger partial charge < -0.3 is 15.5 Å². The van der Waals surface area contributed by atoms with Gasteiger partial charge in [-0.15, -0.1) is 0 Å². The third kappa shape index (κ3) is 4.81. The van der Waals surface area contributed by atoms with Gasteiger partial charge in [0.05, 0.1) is 6.04 Å². The Kier molecular flexibility index (Phi) is 6.16. The molecule has 0 bridgehead atoms. The number of benzene rings is 3. The Morgan fingerprint density at radius 1 is 1.00 bits per heavy atom. The number of carbonyl (C=O) groups excluding carboxylic acids is 2. The van der Waals surface area contributed by atoms with E-state index >= 15 is 0 Å². The highest BCUT2D eigenvalue weighted by Crippen LogP contribution is 2.23. The lowest BCUT2D eigenvalue weighted by molar-refractivity contribution is -0.116. The highest BCUT2D eigenvalue weighted by atomic mass is 35.5. The second-order valence-electron chi connectivity index (χ2n) is 6.65. The second kappa shape index (κ2) is 8.76. The molecule has 0 spiro atoms. The molecule has 1 unspecified atom stereocenters. The van der Waals surface area contributed by atoms with Gasteiger partial charge in [0.25, 0.3) is 0 Å². The number of anilines is 1. The lowest BCUT2D eigenvalue weighted by Crippen LogP contribution is -2.42. The van der Waals surface area contributed by atoms with Crippen molar-refractivity contribution in [2.24, 2.45) is 0 Å². The normalized spacial score (nSPS) is 11.7. The zero-order valence-corrected chi connectivity index (χ0v) is 16.5. The van der Waals surface area contributed by atoms with E-state index in [1.165, 1.54) is 4.90 Å². The summed E-state index contributed by atoms with van der Waals surface area (Å²) in [5, 5.41) is 8.41. The number of nitrogens with one attached hydrogen (secondary N) is 2. The zero-order chi connectivity index (χ0) is 20.1. The van der Waals surface area contributed by atoms with E-state index in [9.17, 15) is 9.59 Å². The molecule has 0 saturated heterocycles. The molecule has 0 aliphatic heterocycles. The number of likely N-dealkylation sites (N-methyl/N-ethyl adjacent to an activating group) is 1.